The zero-order valence-electron chi connectivity index (χ0n) is 18.1. The van der Waals surface area contributed by atoms with Gasteiger partial charge in [0.2, 0.25) is 5.75 Å². The molecule has 0 N–H and O–H groups in total. The molecule has 0 amide bonds. The number of carbonyl (C=O) groups is 1. The highest BCUT2D eigenvalue weighted by atomic mass is 16.5. The maximum Gasteiger partial charge on any atom is 0.338 e. The van der Waals surface area contributed by atoms with Gasteiger partial charge in [-0.05, 0) is 24.3 Å². The van der Waals surface area contributed by atoms with Crippen LogP contribution in [0.4, 0.5) is 0 Å². The van der Waals surface area contributed by atoms with Gasteiger partial charge in [0.25, 0.3) is 0 Å². The van der Waals surface area contributed by atoms with E-state index < -0.39 is 5.97 Å². The van der Waals surface area contributed by atoms with E-state index in [1.165, 1.54) is 46.6 Å². The van der Waals surface area contributed by atoms with E-state index in [0.717, 1.165) is 0 Å². The number of ether oxygens (including phenoxy) is 5. The lowest BCUT2D eigenvalue weighted by Crippen LogP contribution is -2.09. The molecule has 164 valence electrons. The maximum atomic E-state index is 12.8. The zero-order chi connectivity index (χ0) is 22.5. The van der Waals surface area contributed by atoms with Gasteiger partial charge in [-0.3, -0.25) is 4.79 Å². The molecule has 3 aromatic rings. The molecule has 31 heavy (non-hydrogen) atoms. The normalized spacial score (nSPS) is 10.6. The molecule has 8 heteroatoms. The summed E-state index contributed by atoms with van der Waals surface area (Å²) in [6, 6.07) is 7.73. The van der Waals surface area contributed by atoms with Gasteiger partial charge in [0.05, 0.1) is 45.0 Å². The molecule has 0 atom stereocenters. The highest BCUT2D eigenvalue weighted by Crippen LogP contribution is 2.38. The van der Waals surface area contributed by atoms with Crippen LogP contribution in [0.25, 0.3) is 11.0 Å². The van der Waals surface area contributed by atoms with Gasteiger partial charge in [-0.25, -0.2) is 4.79 Å². The van der Waals surface area contributed by atoms with Crippen molar-refractivity contribution in [3.8, 4) is 23.0 Å². The Hall–Kier alpha value is -3.68. The van der Waals surface area contributed by atoms with Gasteiger partial charge >= 0.3 is 5.97 Å². The lowest BCUT2D eigenvalue weighted by Gasteiger charge is -2.15. The van der Waals surface area contributed by atoms with Crippen LogP contribution < -0.4 is 24.4 Å². The number of fused-ring (bicyclic) bond motifs is 1. The van der Waals surface area contributed by atoms with E-state index in [1.807, 2.05) is 6.92 Å². The first-order valence-electron chi connectivity index (χ1n) is 9.57. The summed E-state index contributed by atoms with van der Waals surface area (Å²) in [4.78, 5) is 25.2. The molecule has 1 heterocycles. The number of aryl methyl sites for hydroxylation is 1. The summed E-state index contributed by atoms with van der Waals surface area (Å²) < 4.78 is 32.6. The molecule has 0 saturated carbocycles. The van der Waals surface area contributed by atoms with E-state index in [4.69, 9.17) is 28.1 Å². The first-order valence-corrected chi connectivity index (χ1v) is 9.57. The molecule has 0 bridgehead atoms. The number of rotatable bonds is 8. The van der Waals surface area contributed by atoms with E-state index >= 15 is 0 Å². The second-order valence-corrected chi connectivity index (χ2v) is 6.54. The molecule has 0 unspecified atom stereocenters. The monoisotopic (exact) mass is 428 g/mol. The number of methoxy groups -OCH3 is 4. The zero-order valence-corrected chi connectivity index (χ0v) is 18.1. The molecule has 1 aromatic heterocycles. The van der Waals surface area contributed by atoms with E-state index in [9.17, 15) is 9.59 Å². The molecule has 0 spiro atoms. The van der Waals surface area contributed by atoms with Crippen LogP contribution >= 0.6 is 0 Å². The summed E-state index contributed by atoms with van der Waals surface area (Å²) in [6.45, 7) is 1.72. The summed E-state index contributed by atoms with van der Waals surface area (Å²) >= 11 is 0. The molecule has 0 aliphatic rings. The Labute approximate surface area is 179 Å². The van der Waals surface area contributed by atoms with Crippen LogP contribution in [0.15, 0.2) is 39.5 Å². The van der Waals surface area contributed by atoms with Crippen molar-refractivity contribution < 1.29 is 32.9 Å². The Morgan fingerprint density at radius 3 is 2.10 bits per heavy atom. The van der Waals surface area contributed by atoms with Gasteiger partial charge in [0, 0.05) is 12.5 Å². The van der Waals surface area contributed by atoms with Crippen LogP contribution in [0.5, 0.6) is 23.0 Å². The summed E-state index contributed by atoms with van der Waals surface area (Å²) in [6.07, 6.45) is 0.549. The molecule has 2 aromatic carbocycles. The van der Waals surface area contributed by atoms with E-state index in [2.05, 4.69) is 0 Å². The van der Waals surface area contributed by atoms with Crippen LogP contribution in [-0.2, 0) is 17.8 Å². The summed E-state index contributed by atoms with van der Waals surface area (Å²) in [7, 11) is 5.89. The van der Waals surface area contributed by atoms with Gasteiger partial charge in [-0.1, -0.05) is 6.92 Å². The minimum Gasteiger partial charge on any atom is -0.496 e. The van der Waals surface area contributed by atoms with Crippen molar-refractivity contribution in [1.82, 2.24) is 0 Å². The number of esters is 1. The lowest BCUT2D eigenvalue weighted by atomic mass is 10.1. The van der Waals surface area contributed by atoms with Crippen molar-refractivity contribution in [1.29, 1.82) is 0 Å². The van der Waals surface area contributed by atoms with Crippen molar-refractivity contribution in [3.05, 3.63) is 57.4 Å². The van der Waals surface area contributed by atoms with Gasteiger partial charge in [-0.2, -0.15) is 0 Å². The highest BCUT2D eigenvalue weighted by Gasteiger charge is 2.20. The van der Waals surface area contributed by atoms with Crippen LogP contribution in [0.1, 0.15) is 28.6 Å². The van der Waals surface area contributed by atoms with Crippen molar-refractivity contribution in [2.75, 3.05) is 28.4 Å². The van der Waals surface area contributed by atoms with Gasteiger partial charge in [0.1, 0.15) is 23.7 Å². The first kappa shape index (κ1) is 22.0. The summed E-state index contributed by atoms with van der Waals surface area (Å²) in [5.74, 6) is 1.38. The molecule has 0 radical (unpaired) electrons. The molecule has 0 fully saturated rings. The fourth-order valence-electron chi connectivity index (χ4n) is 3.23. The predicted molar refractivity (Wildman–Crippen MR) is 114 cm³/mol. The highest BCUT2D eigenvalue weighted by molar-refractivity contribution is 5.91. The van der Waals surface area contributed by atoms with Crippen molar-refractivity contribution >= 4 is 16.9 Å². The quantitative estimate of drug-likeness (QED) is 0.501. The third kappa shape index (κ3) is 4.28. The minimum atomic E-state index is -0.618. The molecule has 8 nitrogen and oxygen atoms in total. The Morgan fingerprint density at radius 1 is 0.903 bits per heavy atom. The fourth-order valence-corrected chi connectivity index (χ4v) is 3.23. The van der Waals surface area contributed by atoms with E-state index in [0.29, 0.717) is 51.7 Å². The largest absolute Gasteiger partial charge is 0.496 e. The summed E-state index contributed by atoms with van der Waals surface area (Å²) in [5.41, 5.74) is 0.844. The Kier molecular flexibility index (Phi) is 6.69. The van der Waals surface area contributed by atoms with Gasteiger partial charge in [-0.15, -0.1) is 0 Å². The summed E-state index contributed by atoms with van der Waals surface area (Å²) in [5, 5.41) is 0.386. The average molecular weight is 428 g/mol. The maximum absolute atomic E-state index is 12.8. The second kappa shape index (κ2) is 9.42. The van der Waals surface area contributed by atoms with E-state index in [1.54, 1.807) is 12.1 Å². The Bertz CT molecular complexity index is 1140. The third-order valence-electron chi connectivity index (χ3n) is 4.82. The van der Waals surface area contributed by atoms with Crippen LogP contribution in [-0.4, -0.2) is 34.4 Å². The Balaban J connectivity index is 1.98. The van der Waals surface area contributed by atoms with Crippen LogP contribution in [0, 0.1) is 0 Å². The minimum absolute atomic E-state index is 0.161. The average Bonchev–Trinajstić information content (AvgIpc) is 2.80. The number of hydrogen-bond acceptors (Lipinski definition) is 8. The predicted octanol–water partition coefficient (Wildman–Crippen LogP) is 3.75. The Morgan fingerprint density at radius 2 is 1.55 bits per heavy atom. The topological polar surface area (TPSA) is 93.4 Å². The number of hydrogen-bond donors (Lipinski definition) is 0. The van der Waals surface area contributed by atoms with E-state index in [-0.39, 0.29) is 17.6 Å². The molecule has 0 aliphatic heterocycles. The molecule has 0 saturated heterocycles. The van der Waals surface area contributed by atoms with Gasteiger partial charge in [0.15, 0.2) is 16.9 Å². The first-order chi connectivity index (χ1) is 15.0. The lowest BCUT2D eigenvalue weighted by molar-refractivity contribution is 0.0470. The SMILES string of the molecule is CCc1cc(=O)c2ccc(OC)c(COC(=O)c3cc(OC)c(OC)c(OC)c3)c2o1. The third-order valence-corrected chi connectivity index (χ3v) is 4.82. The van der Waals surface area contributed by atoms with Crippen molar-refractivity contribution in [2.45, 2.75) is 20.0 Å². The molecular formula is C23H24O8. The molecule has 3 rings (SSSR count). The van der Waals surface area contributed by atoms with Crippen molar-refractivity contribution in [2.24, 2.45) is 0 Å². The second-order valence-electron chi connectivity index (χ2n) is 6.54. The number of benzene rings is 2. The molecular weight excluding hydrogens is 404 g/mol. The van der Waals surface area contributed by atoms with Crippen molar-refractivity contribution in [3.63, 3.8) is 0 Å². The number of carbonyl (C=O) groups excluding carboxylic acids is 1. The standard InChI is InChI=1S/C23H24O8/c1-6-14-11-17(24)15-7-8-18(26-2)16(21(15)31-14)12-30-23(25)13-9-19(27-3)22(29-5)20(10-13)28-4/h7-11H,6,12H2,1-5H3. The van der Waals surface area contributed by atoms with Gasteiger partial charge < -0.3 is 28.1 Å². The fraction of sp³-hybridized carbons (Fsp3) is 0.304. The van der Waals surface area contributed by atoms with Crippen LogP contribution in [0.3, 0.4) is 0 Å². The smallest absolute Gasteiger partial charge is 0.338 e. The molecule has 0 aliphatic carbocycles. The van der Waals surface area contributed by atoms with Crippen LogP contribution in [0.2, 0.25) is 0 Å².